The third-order valence-corrected chi connectivity index (χ3v) is 8.88. The molecule has 0 spiro atoms. The van der Waals surface area contributed by atoms with Gasteiger partial charge in [0.25, 0.3) is 0 Å². The molecule has 2 heteroatoms. The molecule has 4 rings (SSSR count). The van der Waals surface area contributed by atoms with Crippen molar-refractivity contribution in [2.45, 2.75) is 130 Å². The molecule has 0 bridgehead atoms. The molecule has 39 heavy (non-hydrogen) atoms. The maximum atomic E-state index is 13.2. The molecule has 0 saturated heterocycles. The van der Waals surface area contributed by atoms with Crippen molar-refractivity contribution in [2.24, 2.45) is 5.92 Å². The van der Waals surface area contributed by atoms with Crippen LogP contribution < -0.4 is 0 Å². The third-order valence-electron chi connectivity index (χ3n) is 8.88. The number of carbonyl (C=O) groups is 1. The highest BCUT2D eigenvalue weighted by Crippen LogP contribution is 2.34. The molecule has 212 valence electrons. The van der Waals surface area contributed by atoms with E-state index in [4.69, 9.17) is 0 Å². The molecule has 0 N–H and O–H groups in total. The van der Waals surface area contributed by atoms with Gasteiger partial charge in [-0.15, -0.1) is 0 Å². The maximum absolute atomic E-state index is 13.2. The Morgan fingerprint density at radius 2 is 1.72 bits per heavy atom. The van der Waals surface area contributed by atoms with Crippen LogP contribution in [0.15, 0.2) is 59.8 Å². The SMILES string of the molecule is CC.CCC1CCCCCC(c2ccc(CCCCC(=O)C3=C/c4cccnc4C(C)C\C=C\3C)cc2)CC1. The monoisotopic (exact) mass is 527 g/mol. The molecule has 1 saturated carbocycles. The molecule has 0 aliphatic heterocycles. The average Bonchev–Trinajstić information content (AvgIpc) is 3.09. The van der Waals surface area contributed by atoms with Gasteiger partial charge in [-0.3, -0.25) is 9.78 Å². The van der Waals surface area contributed by atoms with Gasteiger partial charge >= 0.3 is 0 Å². The van der Waals surface area contributed by atoms with Gasteiger partial charge in [-0.25, -0.2) is 0 Å². The fraction of sp³-hybridized carbons (Fsp3) is 0.568. The first-order chi connectivity index (χ1) is 19.0. The van der Waals surface area contributed by atoms with Crippen LogP contribution in [0.25, 0.3) is 6.08 Å². The first-order valence-corrected chi connectivity index (χ1v) is 16.0. The Hall–Kier alpha value is -2.48. The van der Waals surface area contributed by atoms with E-state index in [0.717, 1.165) is 59.9 Å². The van der Waals surface area contributed by atoms with E-state index in [9.17, 15) is 4.79 Å². The molecule has 1 aromatic carbocycles. The maximum Gasteiger partial charge on any atom is 0.163 e. The Morgan fingerprint density at radius 3 is 2.49 bits per heavy atom. The molecule has 2 aliphatic carbocycles. The van der Waals surface area contributed by atoms with Crippen molar-refractivity contribution >= 4 is 11.9 Å². The fourth-order valence-electron chi connectivity index (χ4n) is 6.28. The number of fused-ring (bicyclic) bond motifs is 1. The number of hydrogen-bond acceptors (Lipinski definition) is 2. The summed E-state index contributed by atoms with van der Waals surface area (Å²) in [5.41, 5.74) is 7.11. The average molecular weight is 528 g/mol. The van der Waals surface area contributed by atoms with Crippen molar-refractivity contribution in [1.82, 2.24) is 4.98 Å². The fourth-order valence-corrected chi connectivity index (χ4v) is 6.28. The van der Waals surface area contributed by atoms with E-state index in [1.807, 2.05) is 26.1 Å². The van der Waals surface area contributed by atoms with Crippen LogP contribution >= 0.6 is 0 Å². The highest BCUT2D eigenvalue weighted by atomic mass is 16.1. The topological polar surface area (TPSA) is 30.0 Å². The van der Waals surface area contributed by atoms with Crippen molar-refractivity contribution < 1.29 is 4.79 Å². The van der Waals surface area contributed by atoms with Gasteiger partial charge in [0.1, 0.15) is 0 Å². The van der Waals surface area contributed by atoms with Crippen LogP contribution in [0.4, 0.5) is 0 Å². The number of hydrogen-bond donors (Lipinski definition) is 0. The van der Waals surface area contributed by atoms with Crippen LogP contribution in [0, 0.1) is 5.92 Å². The van der Waals surface area contributed by atoms with Crippen molar-refractivity contribution in [2.75, 3.05) is 0 Å². The lowest BCUT2D eigenvalue weighted by Crippen LogP contribution is -2.08. The first-order valence-electron chi connectivity index (χ1n) is 16.0. The van der Waals surface area contributed by atoms with Crippen LogP contribution in [-0.4, -0.2) is 10.8 Å². The lowest BCUT2D eigenvalue weighted by Gasteiger charge is -2.19. The lowest BCUT2D eigenvalue weighted by molar-refractivity contribution is -0.115. The number of benzene rings is 1. The predicted octanol–water partition coefficient (Wildman–Crippen LogP) is 10.8. The van der Waals surface area contributed by atoms with E-state index in [-0.39, 0.29) is 5.78 Å². The normalized spacial score (nSPS) is 24.5. The minimum atomic E-state index is 0.263. The second-order valence-electron chi connectivity index (χ2n) is 11.6. The van der Waals surface area contributed by atoms with Gasteiger partial charge in [0.2, 0.25) is 0 Å². The molecule has 1 heterocycles. The number of Topliss-reactive ketones (excluding diaryl/α,β-unsaturated/α-hetero) is 1. The van der Waals surface area contributed by atoms with Crippen LogP contribution in [-0.2, 0) is 11.2 Å². The van der Waals surface area contributed by atoms with E-state index in [0.29, 0.717) is 12.3 Å². The predicted molar refractivity (Wildman–Crippen MR) is 168 cm³/mol. The van der Waals surface area contributed by atoms with E-state index >= 15 is 0 Å². The number of ketones is 1. The molecular weight excluding hydrogens is 474 g/mol. The Labute approximate surface area is 239 Å². The molecule has 0 radical (unpaired) electrons. The van der Waals surface area contributed by atoms with Crippen LogP contribution in [0.1, 0.15) is 146 Å². The van der Waals surface area contributed by atoms with E-state index in [1.54, 1.807) is 5.56 Å². The third kappa shape index (κ3) is 9.30. The second-order valence-corrected chi connectivity index (χ2v) is 11.6. The number of nitrogens with zero attached hydrogens (tertiary/aromatic N) is 1. The molecule has 3 atom stereocenters. The zero-order valence-electron chi connectivity index (χ0n) is 25.5. The molecule has 3 unspecified atom stereocenters. The van der Waals surface area contributed by atoms with Gasteiger partial charge < -0.3 is 0 Å². The summed E-state index contributed by atoms with van der Waals surface area (Å²) in [5, 5.41) is 0. The van der Waals surface area contributed by atoms with Crippen LogP contribution in [0.5, 0.6) is 0 Å². The Balaban J connectivity index is 0.00000205. The van der Waals surface area contributed by atoms with Crippen molar-refractivity contribution in [3.63, 3.8) is 0 Å². The van der Waals surface area contributed by atoms with Gasteiger partial charge in [0, 0.05) is 24.1 Å². The number of rotatable bonds is 8. The molecule has 2 aromatic rings. The van der Waals surface area contributed by atoms with Crippen molar-refractivity contribution in [1.29, 1.82) is 0 Å². The largest absolute Gasteiger partial charge is 0.294 e. The molecule has 1 fully saturated rings. The van der Waals surface area contributed by atoms with Crippen molar-refractivity contribution in [3.8, 4) is 0 Å². The summed E-state index contributed by atoms with van der Waals surface area (Å²) < 4.78 is 0. The van der Waals surface area contributed by atoms with Gasteiger partial charge in [-0.05, 0) is 98.1 Å². The number of unbranched alkanes of at least 4 members (excludes halogenated alkanes) is 1. The number of aryl methyl sites for hydroxylation is 1. The summed E-state index contributed by atoms with van der Waals surface area (Å²) in [7, 11) is 0. The smallest absolute Gasteiger partial charge is 0.163 e. The number of aromatic nitrogens is 1. The molecule has 1 aromatic heterocycles. The number of carbonyl (C=O) groups excluding carboxylic acids is 1. The van der Waals surface area contributed by atoms with Gasteiger partial charge in [-0.1, -0.05) is 96.2 Å². The summed E-state index contributed by atoms with van der Waals surface area (Å²) in [4.78, 5) is 17.8. The quantitative estimate of drug-likeness (QED) is 0.320. The zero-order chi connectivity index (χ0) is 28.0. The molecular formula is C37H53NO. The van der Waals surface area contributed by atoms with Gasteiger partial charge in [0.05, 0.1) is 5.69 Å². The summed E-state index contributed by atoms with van der Waals surface area (Å²) in [6.45, 7) is 10.7. The number of allylic oxidation sites excluding steroid dienone is 3. The first kappa shape index (κ1) is 31.1. The second kappa shape index (κ2) is 16.6. The zero-order valence-corrected chi connectivity index (χ0v) is 25.5. The van der Waals surface area contributed by atoms with Crippen molar-refractivity contribution in [3.05, 3.63) is 82.2 Å². The van der Waals surface area contributed by atoms with E-state index in [2.05, 4.69) is 68.2 Å². The van der Waals surface area contributed by atoms with Gasteiger partial charge in [0.15, 0.2) is 5.78 Å². The van der Waals surface area contributed by atoms with E-state index < -0.39 is 0 Å². The summed E-state index contributed by atoms with van der Waals surface area (Å²) in [6, 6.07) is 13.5. The Bertz CT molecular complexity index is 1080. The van der Waals surface area contributed by atoms with Crippen LogP contribution in [0.2, 0.25) is 0 Å². The van der Waals surface area contributed by atoms with Crippen LogP contribution in [0.3, 0.4) is 0 Å². The summed E-state index contributed by atoms with van der Waals surface area (Å²) in [6.07, 6.45) is 21.8. The minimum absolute atomic E-state index is 0.263. The Kier molecular flexibility index (Phi) is 13.2. The highest BCUT2D eigenvalue weighted by molar-refractivity contribution is 6.03. The molecule has 2 nitrogen and oxygen atoms in total. The lowest BCUT2D eigenvalue weighted by atomic mass is 9.86. The van der Waals surface area contributed by atoms with E-state index in [1.165, 1.54) is 56.9 Å². The minimum Gasteiger partial charge on any atom is -0.294 e. The highest BCUT2D eigenvalue weighted by Gasteiger charge is 2.19. The number of pyridine rings is 1. The summed E-state index contributed by atoms with van der Waals surface area (Å²) >= 11 is 0. The standard InChI is InChI=1S/C35H47NO.C2H6/c1-4-28-11-6-5-7-13-30(21-18-28)31-22-19-29(20-23-31)12-8-9-15-34(37)33-25-32-14-10-24-36-35(32)27(3)17-16-26(33)2;1-2/h10,14,16,19-20,22-25,27-28,30H,4-9,11-13,15,17-18,21H2,1-3H3;1-2H3/b26-16+,33-25+;. The summed E-state index contributed by atoms with van der Waals surface area (Å²) in [5.74, 6) is 2.29. The van der Waals surface area contributed by atoms with Gasteiger partial charge in [-0.2, -0.15) is 0 Å². The Morgan fingerprint density at radius 1 is 0.949 bits per heavy atom. The molecule has 0 amide bonds. The molecule has 2 aliphatic rings.